The van der Waals surface area contributed by atoms with Gasteiger partial charge in [-0.05, 0) is 36.6 Å². The molecule has 0 amide bonds. The van der Waals surface area contributed by atoms with Crippen molar-refractivity contribution < 1.29 is 10.0 Å². The van der Waals surface area contributed by atoms with Crippen molar-refractivity contribution in [2.75, 3.05) is 22.9 Å². The van der Waals surface area contributed by atoms with Crippen LogP contribution in [0.1, 0.15) is 24.1 Å². The van der Waals surface area contributed by atoms with E-state index in [2.05, 4.69) is 25.6 Å². The van der Waals surface area contributed by atoms with Gasteiger partial charge in [0.1, 0.15) is 5.75 Å². The Hall–Kier alpha value is -3.95. The summed E-state index contributed by atoms with van der Waals surface area (Å²) in [6, 6.07) is 13.0. The van der Waals surface area contributed by atoms with Crippen molar-refractivity contribution in [3.8, 4) is 5.75 Å². The number of hydrogen-bond acceptors (Lipinski definition) is 9. The number of aromatic nitrogens is 3. The number of aromatic hydroxyl groups is 1. The summed E-state index contributed by atoms with van der Waals surface area (Å²) < 4.78 is 0. The van der Waals surface area contributed by atoms with Crippen molar-refractivity contribution >= 4 is 23.5 Å². The molecule has 0 radical (unpaired) electrons. The number of nitrogens with one attached hydrogen (secondary N) is 2. The van der Waals surface area contributed by atoms with Crippen LogP contribution in [0.25, 0.3) is 0 Å². The second-order valence-corrected chi connectivity index (χ2v) is 6.40. The zero-order valence-corrected chi connectivity index (χ0v) is 15.7. The quantitative estimate of drug-likeness (QED) is 0.333. The average molecular weight is 395 g/mol. The van der Waals surface area contributed by atoms with E-state index in [1.165, 1.54) is 12.1 Å². The Balaban J connectivity index is 1.61. The molecule has 0 bridgehead atoms. The summed E-state index contributed by atoms with van der Waals surface area (Å²) in [5.74, 6) is 0.945. The van der Waals surface area contributed by atoms with Gasteiger partial charge in [-0.3, -0.25) is 10.1 Å². The Bertz CT molecular complexity index is 978. The van der Waals surface area contributed by atoms with Gasteiger partial charge in [-0.1, -0.05) is 24.3 Å². The van der Waals surface area contributed by atoms with Crippen molar-refractivity contribution in [1.82, 2.24) is 15.0 Å². The van der Waals surface area contributed by atoms with Gasteiger partial charge in [0.15, 0.2) is 0 Å². The van der Waals surface area contributed by atoms with Crippen LogP contribution in [0.4, 0.5) is 23.5 Å². The molecule has 3 rings (SSSR count). The number of hydrogen-bond donors (Lipinski definition) is 4. The smallest absolute Gasteiger partial charge is 0.269 e. The topological polar surface area (TPSA) is 152 Å². The molecule has 0 saturated heterocycles. The molecule has 150 valence electrons. The zero-order chi connectivity index (χ0) is 20.8. The number of nitrogens with two attached hydrogens (primary N) is 1. The molecular formula is C19H21N7O3. The largest absolute Gasteiger partial charge is 0.508 e. The van der Waals surface area contributed by atoms with Gasteiger partial charge < -0.3 is 21.5 Å². The van der Waals surface area contributed by atoms with Crippen LogP contribution in [0, 0.1) is 10.1 Å². The maximum absolute atomic E-state index is 10.8. The SMILES string of the molecule is C[C@H](Nc1nc(N)nc(NCCc2ccc(O)cc2)n1)c1ccc([N+](=O)[O-])cc1. The van der Waals surface area contributed by atoms with Crippen LogP contribution in [0.3, 0.4) is 0 Å². The Morgan fingerprint density at radius 2 is 1.72 bits per heavy atom. The number of nitrogen functional groups attached to an aromatic ring is 1. The Morgan fingerprint density at radius 1 is 1.07 bits per heavy atom. The third-order valence-corrected chi connectivity index (χ3v) is 4.24. The number of phenolic OH excluding ortho intramolecular Hbond substituents is 1. The highest BCUT2D eigenvalue weighted by Gasteiger charge is 2.12. The molecule has 29 heavy (non-hydrogen) atoms. The van der Waals surface area contributed by atoms with Gasteiger partial charge >= 0.3 is 0 Å². The Kier molecular flexibility index (Phi) is 6.03. The first-order chi connectivity index (χ1) is 13.9. The standard InChI is InChI=1S/C19H21N7O3/c1-12(14-4-6-15(7-5-14)26(28)29)22-19-24-17(20)23-18(25-19)21-11-10-13-2-8-16(27)9-3-13/h2-9,12,27H,10-11H2,1H3,(H4,20,21,22,23,24,25)/t12-/m0/s1. The highest BCUT2D eigenvalue weighted by atomic mass is 16.6. The highest BCUT2D eigenvalue weighted by molar-refractivity contribution is 5.43. The average Bonchev–Trinajstić information content (AvgIpc) is 2.69. The normalized spacial score (nSPS) is 11.6. The third kappa shape index (κ3) is 5.51. The molecule has 10 heteroatoms. The monoisotopic (exact) mass is 395 g/mol. The molecule has 1 aromatic heterocycles. The minimum atomic E-state index is -0.440. The van der Waals surface area contributed by atoms with Crippen molar-refractivity contribution in [2.24, 2.45) is 0 Å². The van der Waals surface area contributed by atoms with Gasteiger partial charge in [0.2, 0.25) is 17.8 Å². The van der Waals surface area contributed by atoms with Gasteiger partial charge in [-0.25, -0.2) is 0 Å². The first kappa shape index (κ1) is 19.8. The molecule has 3 aromatic rings. The van der Waals surface area contributed by atoms with Crippen LogP contribution in [-0.2, 0) is 6.42 Å². The predicted molar refractivity (Wildman–Crippen MR) is 110 cm³/mol. The summed E-state index contributed by atoms with van der Waals surface area (Å²) in [7, 11) is 0. The number of benzene rings is 2. The molecule has 10 nitrogen and oxygen atoms in total. The van der Waals surface area contributed by atoms with E-state index in [4.69, 9.17) is 5.73 Å². The van der Waals surface area contributed by atoms with Crippen molar-refractivity contribution in [3.63, 3.8) is 0 Å². The number of rotatable bonds is 8. The highest BCUT2D eigenvalue weighted by Crippen LogP contribution is 2.21. The fourth-order valence-corrected chi connectivity index (χ4v) is 2.68. The molecule has 0 fully saturated rings. The van der Waals surface area contributed by atoms with Crippen molar-refractivity contribution in [3.05, 3.63) is 69.8 Å². The zero-order valence-electron chi connectivity index (χ0n) is 15.7. The second-order valence-electron chi connectivity index (χ2n) is 6.40. The van der Waals surface area contributed by atoms with Crippen molar-refractivity contribution in [1.29, 1.82) is 0 Å². The van der Waals surface area contributed by atoms with Crippen LogP contribution in [0.15, 0.2) is 48.5 Å². The summed E-state index contributed by atoms with van der Waals surface area (Å²) in [5.41, 5.74) is 7.72. The summed E-state index contributed by atoms with van der Waals surface area (Å²) in [6.07, 6.45) is 0.716. The Morgan fingerprint density at radius 3 is 2.38 bits per heavy atom. The number of phenols is 1. The van der Waals surface area contributed by atoms with Gasteiger partial charge in [0, 0.05) is 18.7 Å². The summed E-state index contributed by atoms with van der Waals surface area (Å²) in [5, 5.41) is 26.3. The van der Waals surface area contributed by atoms with E-state index >= 15 is 0 Å². The fraction of sp³-hybridized carbons (Fsp3) is 0.211. The molecule has 0 saturated carbocycles. The third-order valence-electron chi connectivity index (χ3n) is 4.24. The number of nitro groups is 1. The molecule has 0 aliphatic heterocycles. The molecule has 0 unspecified atom stereocenters. The summed E-state index contributed by atoms with van der Waals surface area (Å²) in [6.45, 7) is 2.46. The van der Waals surface area contributed by atoms with Crippen LogP contribution in [0.5, 0.6) is 5.75 Å². The van der Waals surface area contributed by atoms with E-state index in [1.54, 1.807) is 24.3 Å². The Labute approximate surface area is 167 Å². The molecule has 0 spiro atoms. The maximum Gasteiger partial charge on any atom is 0.269 e. The van der Waals surface area contributed by atoms with Gasteiger partial charge in [0.25, 0.3) is 5.69 Å². The first-order valence-corrected chi connectivity index (χ1v) is 8.95. The number of nitrogens with zero attached hydrogens (tertiary/aromatic N) is 4. The molecule has 1 atom stereocenters. The molecule has 0 aliphatic carbocycles. The lowest BCUT2D eigenvalue weighted by molar-refractivity contribution is -0.384. The lowest BCUT2D eigenvalue weighted by atomic mass is 10.1. The number of anilines is 3. The van der Waals surface area contributed by atoms with E-state index in [0.29, 0.717) is 24.9 Å². The van der Waals surface area contributed by atoms with Crippen LogP contribution in [-0.4, -0.2) is 31.5 Å². The molecule has 1 heterocycles. The van der Waals surface area contributed by atoms with Gasteiger partial charge in [-0.2, -0.15) is 15.0 Å². The maximum atomic E-state index is 10.8. The van der Waals surface area contributed by atoms with Crippen LogP contribution in [0.2, 0.25) is 0 Å². The van der Waals surface area contributed by atoms with Crippen molar-refractivity contribution in [2.45, 2.75) is 19.4 Å². The summed E-state index contributed by atoms with van der Waals surface area (Å²) >= 11 is 0. The molecule has 2 aromatic carbocycles. The predicted octanol–water partition coefficient (Wildman–Crippen LogP) is 2.90. The van der Waals surface area contributed by atoms with E-state index in [-0.39, 0.29) is 23.4 Å². The van der Waals surface area contributed by atoms with Gasteiger partial charge in [0.05, 0.1) is 11.0 Å². The van der Waals surface area contributed by atoms with E-state index in [1.807, 2.05) is 19.1 Å². The minimum Gasteiger partial charge on any atom is -0.508 e. The fourth-order valence-electron chi connectivity index (χ4n) is 2.68. The van der Waals surface area contributed by atoms with E-state index in [0.717, 1.165) is 11.1 Å². The number of non-ortho nitro benzene ring substituents is 1. The molecular weight excluding hydrogens is 374 g/mol. The van der Waals surface area contributed by atoms with E-state index < -0.39 is 4.92 Å². The lowest BCUT2D eigenvalue weighted by Crippen LogP contribution is -2.14. The minimum absolute atomic E-state index is 0.0328. The molecule has 0 aliphatic rings. The van der Waals surface area contributed by atoms with Gasteiger partial charge in [-0.15, -0.1) is 0 Å². The number of nitro benzene ring substituents is 1. The van der Waals surface area contributed by atoms with Crippen LogP contribution < -0.4 is 16.4 Å². The molecule has 5 N–H and O–H groups in total. The summed E-state index contributed by atoms with van der Waals surface area (Å²) in [4.78, 5) is 22.8. The van der Waals surface area contributed by atoms with Crippen LogP contribution >= 0.6 is 0 Å². The van der Waals surface area contributed by atoms with E-state index in [9.17, 15) is 15.2 Å². The second kappa shape index (κ2) is 8.83. The lowest BCUT2D eigenvalue weighted by Gasteiger charge is -2.15. The first-order valence-electron chi connectivity index (χ1n) is 8.95.